The molecule has 0 amide bonds. The van der Waals surface area contributed by atoms with E-state index in [0.717, 1.165) is 12.8 Å². The standard InChI is InChI=1S/C10H20N2O/c1-3-4-5-6-8-9(13)7(2)10(11)12-8/h7-9,13H,3-6H2,1-2H3,(H2,11,12)/t7-,8+,9+/m0/s1. The van der Waals surface area contributed by atoms with Gasteiger partial charge in [0.25, 0.3) is 0 Å². The van der Waals surface area contributed by atoms with Gasteiger partial charge in [0.1, 0.15) is 0 Å². The van der Waals surface area contributed by atoms with Crippen LogP contribution in [0.1, 0.15) is 39.5 Å². The summed E-state index contributed by atoms with van der Waals surface area (Å²) in [4.78, 5) is 0. The molecule has 3 heteroatoms. The summed E-state index contributed by atoms with van der Waals surface area (Å²) in [5.74, 6) is 0.487. The molecule has 3 N–H and O–H groups in total. The summed E-state index contributed by atoms with van der Waals surface area (Å²) < 4.78 is 0. The van der Waals surface area contributed by atoms with Gasteiger partial charge in [-0.1, -0.05) is 33.1 Å². The molecule has 3 nitrogen and oxygen atoms in total. The largest absolute Gasteiger partial charge is 0.390 e. The number of unbranched alkanes of at least 4 members (excludes halogenated alkanes) is 2. The zero-order valence-electron chi connectivity index (χ0n) is 8.51. The molecule has 1 aliphatic heterocycles. The van der Waals surface area contributed by atoms with Gasteiger partial charge in [0, 0.05) is 5.92 Å². The van der Waals surface area contributed by atoms with Gasteiger partial charge in [-0.3, -0.25) is 5.41 Å². The summed E-state index contributed by atoms with van der Waals surface area (Å²) in [6.45, 7) is 4.07. The number of nitrogens with one attached hydrogen (secondary N) is 2. The second-order valence-electron chi connectivity index (χ2n) is 3.94. The van der Waals surface area contributed by atoms with E-state index in [9.17, 15) is 5.11 Å². The van der Waals surface area contributed by atoms with Crippen LogP contribution in [0.5, 0.6) is 0 Å². The van der Waals surface area contributed by atoms with Crippen LogP contribution >= 0.6 is 0 Å². The average Bonchev–Trinajstić information content (AvgIpc) is 2.34. The van der Waals surface area contributed by atoms with Crippen molar-refractivity contribution in [2.24, 2.45) is 5.92 Å². The first kappa shape index (κ1) is 10.5. The molecule has 1 rings (SSSR count). The molecule has 0 aromatic rings. The van der Waals surface area contributed by atoms with Crippen LogP contribution in [-0.4, -0.2) is 23.1 Å². The minimum Gasteiger partial charge on any atom is -0.390 e. The third-order valence-corrected chi connectivity index (χ3v) is 2.84. The van der Waals surface area contributed by atoms with Crippen LogP contribution in [0, 0.1) is 11.3 Å². The Balaban J connectivity index is 2.31. The van der Waals surface area contributed by atoms with Crippen molar-refractivity contribution in [1.29, 1.82) is 5.41 Å². The maximum Gasteiger partial charge on any atom is 0.0990 e. The molecular weight excluding hydrogens is 164 g/mol. The molecule has 0 spiro atoms. The maximum absolute atomic E-state index is 9.72. The van der Waals surface area contributed by atoms with Crippen molar-refractivity contribution in [2.75, 3.05) is 0 Å². The molecule has 1 aliphatic rings. The first-order chi connectivity index (χ1) is 6.16. The van der Waals surface area contributed by atoms with Gasteiger partial charge in [-0.15, -0.1) is 0 Å². The predicted octanol–water partition coefficient (Wildman–Crippen LogP) is 1.51. The lowest BCUT2D eigenvalue weighted by atomic mass is 9.99. The van der Waals surface area contributed by atoms with E-state index in [-0.39, 0.29) is 18.1 Å². The minimum absolute atomic E-state index is 0.00775. The topological polar surface area (TPSA) is 56.1 Å². The second-order valence-corrected chi connectivity index (χ2v) is 3.94. The summed E-state index contributed by atoms with van der Waals surface area (Å²) in [7, 11) is 0. The third-order valence-electron chi connectivity index (χ3n) is 2.84. The molecule has 0 aromatic carbocycles. The van der Waals surface area contributed by atoms with Crippen molar-refractivity contribution in [1.82, 2.24) is 5.32 Å². The molecule has 1 saturated heterocycles. The van der Waals surface area contributed by atoms with Gasteiger partial charge in [0.15, 0.2) is 0 Å². The minimum atomic E-state index is -0.357. The van der Waals surface area contributed by atoms with Gasteiger partial charge in [-0.05, 0) is 6.42 Å². The molecule has 1 fully saturated rings. The van der Waals surface area contributed by atoms with Gasteiger partial charge in [0.2, 0.25) is 0 Å². The second kappa shape index (κ2) is 4.61. The number of amidine groups is 1. The first-order valence-corrected chi connectivity index (χ1v) is 5.19. The van der Waals surface area contributed by atoms with Crippen LogP contribution in [0.4, 0.5) is 0 Å². The van der Waals surface area contributed by atoms with Crippen LogP contribution in [0.3, 0.4) is 0 Å². The van der Waals surface area contributed by atoms with Gasteiger partial charge in [-0.2, -0.15) is 0 Å². The van der Waals surface area contributed by atoms with Gasteiger partial charge in [-0.25, -0.2) is 0 Å². The zero-order chi connectivity index (χ0) is 9.84. The fourth-order valence-electron chi connectivity index (χ4n) is 1.79. The lowest BCUT2D eigenvalue weighted by Gasteiger charge is -2.15. The molecule has 76 valence electrons. The summed E-state index contributed by atoms with van der Waals surface area (Å²) in [5.41, 5.74) is 0. The third kappa shape index (κ3) is 2.44. The van der Waals surface area contributed by atoms with E-state index < -0.39 is 0 Å². The Hall–Kier alpha value is -0.570. The number of aliphatic hydroxyl groups excluding tert-OH is 1. The van der Waals surface area contributed by atoms with E-state index in [0.29, 0.717) is 5.84 Å². The Bertz CT molecular complexity index is 182. The molecule has 0 aromatic heterocycles. The lowest BCUT2D eigenvalue weighted by Crippen LogP contribution is -2.31. The first-order valence-electron chi connectivity index (χ1n) is 5.19. The van der Waals surface area contributed by atoms with Crippen molar-refractivity contribution in [3.63, 3.8) is 0 Å². The Morgan fingerprint density at radius 1 is 1.46 bits per heavy atom. The van der Waals surface area contributed by atoms with Crippen LogP contribution in [-0.2, 0) is 0 Å². The molecule has 1 heterocycles. The van der Waals surface area contributed by atoms with E-state index >= 15 is 0 Å². The highest BCUT2D eigenvalue weighted by Crippen LogP contribution is 2.20. The normalized spacial score (nSPS) is 33.5. The van der Waals surface area contributed by atoms with E-state index in [1.807, 2.05) is 6.92 Å². The smallest absolute Gasteiger partial charge is 0.0990 e. The fraction of sp³-hybridized carbons (Fsp3) is 0.900. The zero-order valence-corrected chi connectivity index (χ0v) is 8.51. The Labute approximate surface area is 80.0 Å². The van der Waals surface area contributed by atoms with E-state index in [4.69, 9.17) is 5.41 Å². The fourth-order valence-corrected chi connectivity index (χ4v) is 1.79. The van der Waals surface area contributed by atoms with Crippen molar-refractivity contribution in [3.8, 4) is 0 Å². The highest BCUT2D eigenvalue weighted by Gasteiger charge is 2.34. The lowest BCUT2D eigenvalue weighted by molar-refractivity contribution is 0.125. The maximum atomic E-state index is 9.72. The van der Waals surface area contributed by atoms with Crippen LogP contribution in [0.2, 0.25) is 0 Å². The molecule has 13 heavy (non-hydrogen) atoms. The number of hydrogen-bond acceptors (Lipinski definition) is 2. The number of hydrogen-bond donors (Lipinski definition) is 3. The summed E-state index contributed by atoms with van der Waals surface area (Å²) in [6.07, 6.45) is 4.19. The molecule has 0 radical (unpaired) electrons. The highest BCUT2D eigenvalue weighted by atomic mass is 16.3. The Morgan fingerprint density at radius 2 is 2.15 bits per heavy atom. The summed E-state index contributed by atoms with van der Waals surface area (Å²) >= 11 is 0. The monoisotopic (exact) mass is 184 g/mol. The molecule has 0 bridgehead atoms. The van der Waals surface area contributed by atoms with E-state index in [1.54, 1.807) is 0 Å². The van der Waals surface area contributed by atoms with Crippen molar-refractivity contribution in [3.05, 3.63) is 0 Å². The SMILES string of the molecule is CCCCC[C@H]1NC(=N)[C@@H](C)[C@H]1O. The van der Waals surface area contributed by atoms with Gasteiger partial charge < -0.3 is 10.4 Å². The van der Waals surface area contributed by atoms with E-state index in [2.05, 4.69) is 12.2 Å². The van der Waals surface area contributed by atoms with E-state index in [1.165, 1.54) is 12.8 Å². The number of rotatable bonds is 4. The summed E-state index contributed by atoms with van der Waals surface area (Å²) in [5, 5.41) is 20.3. The van der Waals surface area contributed by atoms with Crippen LogP contribution in [0.15, 0.2) is 0 Å². The molecule has 0 saturated carbocycles. The van der Waals surface area contributed by atoms with Gasteiger partial charge in [0.05, 0.1) is 18.0 Å². The molecule has 3 atom stereocenters. The average molecular weight is 184 g/mol. The predicted molar refractivity (Wildman–Crippen MR) is 54.0 cm³/mol. The van der Waals surface area contributed by atoms with Crippen LogP contribution < -0.4 is 5.32 Å². The Kier molecular flexibility index (Phi) is 3.72. The van der Waals surface area contributed by atoms with Crippen LogP contribution in [0.25, 0.3) is 0 Å². The summed E-state index contributed by atoms with van der Waals surface area (Å²) in [6, 6.07) is 0.119. The van der Waals surface area contributed by atoms with Crippen molar-refractivity contribution >= 4 is 5.84 Å². The molecule has 0 unspecified atom stereocenters. The Morgan fingerprint density at radius 3 is 2.62 bits per heavy atom. The quantitative estimate of drug-likeness (QED) is 0.580. The molecular formula is C10H20N2O. The van der Waals surface area contributed by atoms with Crippen molar-refractivity contribution in [2.45, 2.75) is 51.7 Å². The number of aliphatic hydroxyl groups is 1. The van der Waals surface area contributed by atoms with Gasteiger partial charge >= 0.3 is 0 Å². The molecule has 0 aliphatic carbocycles. The van der Waals surface area contributed by atoms with Crippen molar-refractivity contribution < 1.29 is 5.11 Å². The highest BCUT2D eigenvalue weighted by molar-refractivity contribution is 5.84.